The van der Waals surface area contributed by atoms with Gasteiger partial charge in [0.1, 0.15) is 51.7 Å². The second-order valence-corrected chi connectivity index (χ2v) is 33.4. The van der Waals surface area contributed by atoms with Crippen molar-refractivity contribution < 1.29 is 85.8 Å². The van der Waals surface area contributed by atoms with Gasteiger partial charge in [0.25, 0.3) is 0 Å². The summed E-state index contributed by atoms with van der Waals surface area (Å²) in [5.74, 6) is 0.951. The Bertz CT molecular complexity index is 4650. The average molecular weight is 1590 g/mol. The summed E-state index contributed by atoms with van der Waals surface area (Å²) in [6, 6.07) is 66.3. The van der Waals surface area contributed by atoms with E-state index in [2.05, 4.69) is 0 Å². The Morgan fingerprint density at radius 3 is 0.701 bits per heavy atom. The number of rotatable bonds is 27. The van der Waals surface area contributed by atoms with Gasteiger partial charge in [-0.1, -0.05) is 166 Å². The number of carbonyl (C=O) groups excluding carboxylic acids is 9. The van der Waals surface area contributed by atoms with E-state index in [0.717, 1.165) is 134 Å². The predicted octanol–water partition coefficient (Wildman–Crippen LogP) is 20.0. The summed E-state index contributed by atoms with van der Waals surface area (Å²) < 4.78 is 50.5. The molecule has 3 aliphatic carbocycles. The van der Waals surface area contributed by atoms with Crippen LogP contribution in [0.25, 0.3) is 0 Å². The maximum atomic E-state index is 12.7. The lowest BCUT2D eigenvalue weighted by Crippen LogP contribution is -2.26. The Kier molecular flexibility index (Phi) is 31.6. The molecule has 0 radical (unpaired) electrons. The normalized spacial score (nSPS) is 13.6. The molecule has 3 fully saturated rings. The number of carbonyl (C=O) groups is 9. The maximum Gasteiger partial charge on any atom is 0.316 e. The fourth-order valence-electron chi connectivity index (χ4n) is 13.4. The van der Waals surface area contributed by atoms with Crippen LogP contribution in [-0.4, -0.2) is 53.7 Å². The van der Waals surface area contributed by atoms with Crippen molar-refractivity contribution in [1.29, 1.82) is 0 Å². The van der Waals surface area contributed by atoms with Crippen molar-refractivity contribution >= 4 is 53.7 Å². The molecule has 12 rings (SSSR count). The number of esters is 9. The molecule has 0 amide bonds. The highest BCUT2D eigenvalue weighted by Gasteiger charge is 2.31. The van der Waals surface area contributed by atoms with E-state index in [1.807, 2.05) is 172 Å². The van der Waals surface area contributed by atoms with Gasteiger partial charge in [-0.2, -0.15) is 0 Å². The Balaban J connectivity index is 0.000000187. The van der Waals surface area contributed by atoms with E-state index in [1.165, 1.54) is 0 Å². The summed E-state index contributed by atoms with van der Waals surface area (Å²) in [6.45, 7) is 16.1. The van der Waals surface area contributed by atoms with Gasteiger partial charge in [-0.25, -0.2) is 0 Å². The zero-order valence-corrected chi connectivity index (χ0v) is 68.7. The van der Waals surface area contributed by atoms with Gasteiger partial charge in [0.15, 0.2) is 0 Å². The molecule has 3 aliphatic rings. The molecule has 0 N–H and O–H groups in total. The Morgan fingerprint density at radius 2 is 0.436 bits per heavy atom. The van der Waals surface area contributed by atoms with Crippen molar-refractivity contribution in [1.82, 2.24) is 0 Å². The summed E-state index contributed by atoms with van der Waals surface area (Å²) in [4.78, 5) is 112. The molecule has 9 aromatic rings. The van der Waals surface area contributed by atoms with Gasteiger partial charge in [0, 0.05) is 18.2 Å². The van der Waals surface area contributed by atoms with Crippen molar-refractivity contribution in [3.05, 3.63) is 268 Å². The molecular formula is C99H108O18. The lowest BCUT2D eigenvalue weighted by atomic mass is 9.97. The molecular weight excluding hydrogens is 1480 g/mol. The van der Waals surface area contributed by atoms with E-state index in [0.29, 0.717) is 83.8 Å². The van der Waals surface area contributed by atoms with Gasteiger partial charge in [-0.3, -0.25) is 43.2 Å². The topological polar surface area (TPSA) is 237 Å². The Hall–Kier alpha value is -11.8. The minimum Gasteiger partial charge on any atom is -0.426 e. The van der Waals surface area contributed by atoms with Gasteiger partial charge in [0.2, 0.25) is 0 Å². The molecule has 117 heavy (non-hydrogen) atoms. The van der Waals surface area contributed by atoms with Crippen LogP contribution in [0.3, 0.4) is 0 Å². The summed E-state index contributed by atoms with van der Waals surface area (Å²) in [5, 5.41) is 0. The first-order valence-corrected chi connectivity index (χ1v) is 40.7. The van der Waals surface area contributed by atoms with Gasteiger partial charge in [0.05, 0.1) is 53.3 Å². The molecule has 0 unspecified atom stereocenters. The number of hydrogen-bond donors (Lipinski definition) is 0. The maximum absolute atomic E-state index is 12.7. The van der Waals surface area contributed by atoms with Crippen LogP contribution in [0.15, 0.2) is 218 Å². The van der Waals surface area contributed by atoms with Crippen LogP contribution in [0.4, 0.5) is 0 Å². The smallest absolute Gasteiger partial charge is 0.316 e. The second-order valence-electron chi connectivity index (χ2n) is 33.4. The van der Waals surface area contributed by atoms with Crippen LogP contribution in [0.5, 0.6) is 51.7 Å². The standard InChI is InChI=1S/C38H32O6.C32H38O6.C29H38O6/c39-36(24-29-10-4-1-5-11-29)42-33-20-18-28(19-21-33)16-17-32-22-34(43-37(40)25-30-12-6-2-7-13-30)27-35(23-32)44-38(41)26-31-14-8-3-9-15-31;33-30(24-7-1-2-8-24)36-27-17-15-22(16-18-27)13-14-23-19-28(37-31(34)25-9-3-4-10-25)21-29(20-23)38-32(35)26-11-5-6-12-26;1-27(2,3)24(30)33-21-14-12-19(13-15-21)10-11-20-16-22(34-25(31)28(4,5)6)18-23(17-20)35-26(32)29(7,8)9/h1-15,18-23,27H,16-17,24-26H2;15-21,24-26H,1-14H2;12-18H,10-11H2,1-9H3. The van der Waals surface area contributed by atoms with E-state index >= 15 is 0 Å². The molecule has 0 saturated heterocycles. The van der Waals surface area contributed by atoms with Crippen molar-refractivity contribution in [3.63, 3.8) is 0 Å². The zero-order chi connectivity index (χ0) is 83.5. The minimum atomic E-state index is -0.670. The lowest BCUT2D eigenvalue weighted by Gasteiger charge is -2.19. The zero-order valence-electron chi connectivity index (χ0n) is 68.7. The van der Waals surface area contributed by atoms with Crippen LogP contribution in [0, 0.1) is 34.0 Å². The molecule has 612 valence electrons. The first kappa shape index (κ1) is 87.6. The van der Waals surface area contributed by atoms with Crippen LogP contribution in [-0.2, 0) is 101 Å². The average Bonchev–Trinajstić information content (AvgIpc) is 1.78. The summed E-state index contributed by atoms with van der Waals surface area (Å²) in [7, 11) is 0. The van der Waals surface area contributed by atoms with Crippen LogP contribution in [0.1, 0.15) is 189 Å². The number of aryl methyl sites for hydroxylation is 6. The number of benzene rings is 9. The fourth-order valence-corrected chi connectivity index (χ4v) is 13.4. The van der Waals surface area contributed by atoms with Gasteiger partial charge in [-0.05, 0) is 262 Å². The van der Waals surface area contributed by atoms with Crippen molar-refractivity contribution in [2.75, 3.05) is 0 Å². The lowest BCUT2D eigenvalue weighted by molar-refractivity contribution is -0.144. The van der Waals surface area contributed by atoms with Crippen molar-refractivity contribution in [2.45, 2.75) is 197 Å². The quantitative estimate of drug-likeness (QED) is 0.0343. The predicted molar refractivity (Wildman–Crippen MR) is 446 cm³/mol. The van der Waals surface area contributed by atoms with Crippen LogP contribution < -0.4 is 42.6 Å². The Morgan fingerprint density at radius 1 is 0.231 bits per heavy atom. The molecule has 3 saturated carbocycles. The van der Waals surface area contributed by atoms with E-state index in [1.54, 1.807) is 108 Å². The third-order valence-electron chi connectivity index (χ3n) is 20.2. The fraction of sp³-hybridized carbons (Fsp3) is 0.364. The molecule has 0 atom stereocenters. The molecule has 0 bridgehead atoms. The Labute approximate surface area is 687 Å². The highest BCUT2D eigenvalue weighted by Crippen LogP contribution is 2.35. The largest absolute Gasteiger partial charge is 0.426 e. The highest BCUT2D eigenvalue weighted by molar-refractivity contribution is 5.82. The molecule has 0 aliphatic heterocycles. The molecule has 9 aromatic carbocycles. The van der Waals surface area contributed by atoms with Gasteiger partial charge < -0.3 is 42.6 Å². The summed E-state index contributed by atoms with van der Waals surface area (Å²) in [5.41, 5.74) is 6.49. The SMILES string of the molecule is CC(C)(C)C(=O)Oc1ccc(CCc2cc(OC(=O)C(C)(C)C)cc(OC(=O)C(C)(C)C)c2)cc1.O=C(Cc1ccccc1)Oc1ccc(CCc2cc(OC(=O)Cc3ccccc3)cc(OC(=O)Cc3ccccc3)c2)cc1.O=C(Oc1ccc(CCc2cc(OC(=O)C3CCCC3)cc(OC(=O)C3CCCC3)c2)cc1)C1CCCC1. The van der Waals surface area contributed by atoms with Crippen molar-refractivity contribution in [2.24, 2.45) is 34.0 Å². The molecule has 18 nitrogen and oxygen atoms in total. The molecule has 18 heteroatoms. The molecule has 0 spiro atoms. The molecule has 0 aromatic heterocycles. The van der Waals surface area contributed by atoms with Crippen LogP contribution in [0.2, 0.25) is 0 Å². The summed E-state index contributed by atoms with van der Waals surface area (Å²) in [6.07, 6.45) is 16.2. The summed E-state index contributed by atoms with van der Waals surface area (Å²) >= 11 is 0. The van der Waals surface area contributed by atoms with E-state index in [-0.39, 0.29) is 78.8 Å². The minimum absolute atomic E-state index is 0.0293. The van der Waals surface area contributed by atoms with E-state index < -0.39 is 28.2 Å². The first-order valence-electron chi connectivity index (χ1n) is 40.7. The van der Waals surface area contributed by atoms with Crippen molar-refractivity contribution in [3.8, 4) is 51.7 Å². The second kappa shape index (κ2) is 42.2. The number of ether oxygens (including phenoxy) is 9. The third-order valence-corrected chi connectivity index (χ3v) is 20.2. The highest BCUT2D eigenvalue weighted by atomic mass is 16.6. The first-order chi connectivity index (χ1) is 56.0. The third kappa shape index (κ3) is 29.5. The number of hydrogen-bond acceptors (Lipinski definition) is 18. The van der Waals surface area contributed by atoms with E-state index in [4.69, 9.17) is 42.6 Å². The van der Waals surface area contributed by atoms with E-state index in [9.17, 15) is 43.2 Å². The van der Waals surface area contributed by atoms with Gasteiger partial charge in [-0.15, -0.1) is 0 Å². The van der Waals surface area contributed by atoms with Crippen LogP contribution >= 0.6 is 0 Å². The monoisotopic (exact) mass is 1580 g/mol. The molecule has 0 heterocycles. The van der Waals surface area contributed by atoms with Gasteiger partial charge >= 0.3 is 53.7 Å².